The lowest BCUT2D eigenvalue weighted by Gasteiger charge is -2.30. The smallest absolute Gasteiger partial charge is 0.0523 e. The van der Waals surface area contributed by atoms with E-state index < -0.39 is 0 Å². The first-order valence-electron chi connectivity index (χ1n) is 7.86. The van der Waals surface area contributed by atoms with Crippen LogP contribution in [0.5, 0.6) is 0 Å². The summed E-state index contributed by atoms with van der Waals surface area (Å²) in [4.78, 5) is 5.43. The fraction of sp³-hybridized carbons (Fsp3) is 0.444. The summed E-state index contributed by atoms with van der Waals surface area (Å²) in [7, 11) is 0. The van der Waals surface area contributed by atoms with E-state index in [-0.39, 0.29) is 0 Å². The van der Waals surface area contributed by atoms with E-state index in [9.17, 15) is 0 Å². The van der Waals surface area contributed by atoms with Gasteiger partial charge in [0.05, 0.1) is 6.54 Å². The van der Waals surface area contributed by atoms with Crippen molar-refractivity contribution in [3.8, 4) is 0 Å². The number of fused-ring (bicyclic) bond motifs is 1. The molecule has 0 aliphatic carbocycles. The number of aryl methyl sites for hydroxylation is 1. The monoisotopic (exact) mass is 300 g/mol. The van der Waals surface area contributed by atoms with Crippen LogP contribution in [0.1, 0.15) is 35.6 Å². The second kappa shape index (κ2) is 6.63. The molecule has 0 unspecified atom stereocenters. The molecule has 1 N–H and O–H groups in total. The summed E-state index contributed by atoms with van der Waals surface area (Å²) >= 11 is 1.94. The van der Waals surface area contributed by atoms with Gasteiger partial charge >= 0.3 is 0 Å². The number of nitrogens with one attached hydrogen (secondary N) is 1. The van der Waals surface area contributed by atoms with E-state index in [1.807, 2.05) is 11.3 Å². The maximum absolute atomic E-state index is 3.49. The number of nitrogens with zero attached hydrogens (tertiary/aromatic N) is 1. The molecule has 112 valence electrons. The van der Waals surface area contributed by atoms with Crippen molar-refractivity contribution < 1.29 is 0 Å². The number of para-hydroxylation sites is 1. The molecular formula is C18H24N2S. The van der Waals surface area contributed by atoms with Gasteiger partial charge in [-0.25, -0.2) is 0 Å². The van der Waals surface area contributed by atoms with E-state index in [0.29, 0.717) is 6.04 Å². The predicted octanol–water partition coefficient (Wildman–Crippen LogP) is 4.20. The van der Waals surface area contributed by atoms with Gasteiger partial charge in [-0.15, -0.1) is 11.3 Å². The summed E-state index contributed by atoms with van der Waals surface area (Å²) in [6.07, 6.45) is 2.49. The number of benzene rings is 1. The Kier molecular flexibility index (Phi) is 4.61. The Morgan fingerprint density at radius 3 is 2.81 bits per heavy atom. The van der Waals surface area contributed by atoms with Gasteiger partial charge in [-0.05, 0) is 36.6 Å². The highest BCUT2D eigenvalue weighted by molar-refractivity contribution is 7.12. The SMILES string of the molecule is CC(C)NCc1ccc(CN2CCCc3ccccc32)s1. The number of hydrogen-bond donors (Lipinski definition) is 1. The van der Waals surface area contributed by atoms with Crippen LogP contribution in [-0.4, -0.2) is 12.6 Å². The molecular weight excluding hydrogens is 276 g/mol. The first-order valence-corrected chi connectivity index (χ1v) is 8.68. The van der Waals surface area contributed by atoms with Crippen LogP contribution in [0, 0.1) is 0 Å². The minimum atomic E-state index is 0.546. The molecule has 0 spiro atoms. The van der Waals surface area contributed by atoms with Crippen LogP contribution in [0.15, 0.2) is 36.4 Å². The standard InChI is InChI=1S/C18H24N2S/c1-14(2)19-12-16-9-10-17(21-16)13-20-11-5-7-15-6-3-4-8-18(15)20/h3-4,6,8-10,14,19H,5,7,11-13H2,1-2H3. The molecule has 3 heteroatoms. The van der Waals surface area contributed by atoms with Gasteiger partial charge < -0.3 is 10.2 Å². The minimum absolute atomic E-state index is 0.546. The van der Waals surface area contributed by atoms with Crippen LogP contribution in [0.25, 0.3) is 0 Å². The fourth-order valence-electron chi connectivity index (χ4n) is 2.87. The van der Waals surface area contributed by atoms with Crippen molar-refractivity contribution in [3.63, 3.8) is 0 Å². The zero-order chi connectivity index (χ0) is 14.7. The molecule has 0 saturated heterocycles. The molecule has 0 atom stereocenters. The number of rotatable bonds is 5. The van der Waals surface area contributed by atoms with E-state index in [1.54, 1.807) is 0 Å². The van der Waals surface area contributed by atoms with Gasteiger partial charge in [0.15, 0.2) is 0 Å². The number of anilines is 1. The van der Waals surface area contributed by atoms with Crippen LogP contribution in [0.2, 0.25) is 0 Å². The molecule has 0 amide bonds. The average Bonchev–Trinajstić information content (AvgIpc) is 2.93. The molecule has 0 saturated carbocycles. The summed E-state index contributed by atoms with van der Waals surface area (Å²) in [5, 5.41) is 3.49. The lowest BCUT2D eigenvalue weighted by molar-refractivity contribution is 0.593. The molecule has 3 rings (SSSR count). The van der Waals surface area contributed by atoms with Gasteiger partial charge in [0.25, 0.3) is 0 Å². The molecule has 1 aromatic heterocycles. The molecule has 21 heavy (non-hydrogen) atoms. The average molecular weight is 300 g/mol. The first kappa shape index (κ1) is 14.6. The van der Waals surface area contributed by atoms with Gasteiger partial charge in [-0.2, -0.15) is 0 Å². The van der Waals surface area contributed by atoms with Crippen LogP contribution < -0.4 is 10.2 Å². The molecule has 2 nitrogen and oxygen atoms in total. The zero-order valence-corrected chi connectivity index (χ0v) is 13.7. The number of thiophene rings is 1. The van der Waals surface area contributed by atoms with Crippen LogP contribution in [0.4, 0.5) is 5.69 Å². The Bertz CT molecular complexity index is 588. The highest BCUT2D eigenvalue weighted by Crippen LogP contribution is 2.29. The molecule has 0 fully saturated rings. The minimum Gasteiger partial charge on any atom is -0.366 e. The first-order chi connectivity index (χ1) is 10.2. The lowest BCUT2D eigenvalue weighted by Crippen LogP contribution is -2.28. The second-order valence-corrected chi connectivity index (χ2v) is 7.31. The summed E-state index contributed by atoms with van der Waals surface area (Å²) in [5.74, 6) is 0. The van der Waals surface area contributed by atoms with Crippen molar-refractivity contribution in [2.24, 2.45) is 0 Å². The van der Waals surface area contributed by atoms with Gasteiger partial charge in [-0.3, -0.25) is 0 Å². The summed E-state index contributed by atoms with van der Waals surface area (Å²) in [6, 6.07) is 14.0. The van der Waals surface area contributed by atoms with Crippen LogP contribution >= 0.6 is 11.3 Å². The van der Waals surface area contributed by atoms with Crippen molar-refractivity contribution in [2.45, 2.75) is 45.8 Å². The van der Waals surface area contributed by atoms with Gasteiger partial charge in [0.1, 0.15) is 0 Å². The normalized spacial score (nSPS) is 14.5. The highest BCUT2D eigenvalue weighted by Gasteiger charge is 2.16. The number of hydrogen-bond acceptors (Lipinski definition) is 3. The third kappa shape index (κ3) is 3.66. The Hall–Kier alpha value is -1.32. The predicted molar refractivity (Wildman–Crippen MR) is 92.1 cm³/mol. The molecule has 0 bridgehead atoms. The van der Waals surface area contributed by atoms with E-state index in [0.717, 1.165) is 13.1 Å². The van der Waals surface area contributed by atoms with Crippen LogP contribution in [-0.2, 0) is 19.5 Å². The van der Waals surface area contributed by atoms with Gasteiger partial charge in [-0.1, -0.05) is 32.0 Å². The molecule has 1 aliphatic heterocycles. The van der Waals surface area contributed by atoms with E-state index in [4.69, 9.17) is 0 Å². The Balaban J connectivity index is 1.67. The summed E-state index contributed by atoms with van der Waals surface area (Å²) in [6.45, 7) is 7.59. The van der Waals surface area contributed by atoms with E-state index >= 15 is 0 Å². The van der Waals surface area contributed by atoms with Crippen molar-refractivity contribution in [2.75, 3.05) is 11.4 Å². The largest absolute Gasteiger partial charge is 0.366 e. The molecule has 2 heterocycles. The Labute approximate surface area is 131 Å². The highest BCUT2D eigenvalue weighted by atomic mass is 32.1. The molecule has 2 aromatic rings. The molecule has 1 aromatic carbocycles. The maximum atomic E-state index is 3.49. The maximum Gasteiger partial charge on any atom is 0.0523 e. The van der Waals surface area contributed by atoms with Crippen molar-refractivity contribution in [3.05, 3.63) is 51.7 Å². The third-order valence-corrected chi connectivity index (χ3v) is 5.02. The Morgan fingerprint density at radius 2 is 1.95 bits per heavy atom. The van der Waals surface area contributed by atoms with E-state index in [1.165, 1.54) is 40.4 Å². The topological polar surface area (TPSA) is 15.3 Å². The molecule has 0 radical (unpaired) electrons. The van der Waals surface area contributed by atoms with E-state index in [2.05, 4.69) is 60.5 Å². The Morgan fingerprint density at radius 1 is 1.14 bits per heavy atom. The van der Waals surface area contributed by atoms with Gasteiger partial charge in [0.2, 0.25) is 0 Å². The van der Waals surface area contributed by atoms with Crippen molar-refractivity contribution in [1.29, 1.82) is 0 Å². The quantitative estimate of drug-likeness (QED) is 0.890. The van der Waals surface area contributed by atoms with Crippen molar-refractivity contribution >= 4 is 17.0 Å². The third-order valence-electron chi connectivity index (χ3n) is 3.95. The fourth-order valence-corrected chi connectivity index (χ4v) is 3.86. The summed E-state index contributed by atoms with van der Waals surface area (Å²) < 4.78 is 0. The van der Waals surface area contributed by atoms with Crippen LogP contribution in [0.3, 0.4) is 0 Å². The van der Waals surface area contributed by atoms with Gasteiger partial charge in [0, 0.05) is 34.6 Å². The lowest BCUT2D eigenvalue weighted by atomic mass is 10.0. The van der Waals surface area contributed by atoms with Crippen molar-refractivity contribution in [1.82, 2.24) is 5.32 Å². The summed E-state index contributed by atoms with van der Waals surface area (Å²) in [5.41, 5.74) is 2.93. The molecule has 1 aliphatic rings. The zero-order valence-electron chi connectivity index (χ0n) is 12.9. The second-order valence-electron chi connectivity index (χ2n) is 6.06.